The van der Waals surface area contributed by atoms with E-state index in [1.54, 1.807) is 18.2 Å². The summed E-state index contributed by atoms with van der Waals surface area (Å²) in [5, 5.41) is 6.81. The highest BCUT2D eigenvalue weighted by atomic mass is 32.2. The molecule has 0 fully saturated rings. The molecule has 0 spiro atoms. The first-order valence-corrected chi connectivity index (χ1v) is 9.40. The predicted molar refractivity (Wildman–Crippen MR) is 109 cm³/mol. The average Bonchev–Trinajstić information content (AvgIpc) is 2.62. The van der Waals surface area contributed by atoms with Crippen molar-refractivity contribution in [1.82, 2.24) is 5.32 Å². The number of rotatable bonds is 7. The minimum Gasteiger partial charge on any atom is -0.465 e. The fraction of sp³-hybridized carbons (Fsp3) is 0.263. The number of benzene rings is 2. The number of ether oxygens (including phenoxy) is 1. The molecule has 2 rings (SSSR count). The molecule has 0 unspecified atom stereocenters. The third kappa shape index (κ3) is 6.76. The van der Waals surface area contributed by atoms with Crippen LogP contribution in [0.2, 0.25) is 0 Å². The van der Waals surface area contributed by atoms with Gasteiger partial charge in [-0.1, -0.05) is 23.8 Å². The van der Waals surface area contributed by atoms with Gasteiger partial charge in [0.2, 0.25) is 0 Å². The second-order valence-corrected chi connectivity index (χ2v) is 7.04. The van der Waals surface area contributed by atoms with Crippen LogP contribution in [0.5, 0.6) is 0 Å². The molecule has 0 heterocycles. The van der Waals surface area contributed by atoms with E-state index in [2.05, 4.69) is 41.8 Å². The Labute approximate surface area is 158 Å². The van der Waals surface area contributed by atoms with Gasteiger partial charge in [-0.25, -0.2) is 4.79 Å². The van der Waals surface area contributed by atoms with Gasteiger partial charge in [-0.3, -0.25) is 0 Å². The Morgan fingerprint density at radius 1 is 1.20 bits per heavy atom. The summed E-state index contributed by atoms with van der Waals surface area (Å²) in [7, 11) is 1.36. The molecule has 0 radical (unpaired) electrons. The monoisotopic (exact) mass is 374 g/mol. The van der Waals surface area contributed by atoms with Crippen molar-refractivity contribution < 1.29 is 9.53 Å². The Morgan fingerprint density at radius 3 is 2.68 bits per heavy atom. The van der Waals surface area contributed by atoms with E-state index in [4.69, 9.17) is 17.0 Å². The maximum absolute atomic E-state index is 11.5. The zero-order valence-electron chi connectivity index (χ0n) is 14.4. The van der Waals surface area contributed by atoms with Crippen molar-refractivity contribution in [3.8, 4) is 0 Å². The van der Waals surface area contributed by atoms with Crippen molar-refractivity contribution >= 4 is 40.7 Å². The Hall–Kier alpha value is -2.05. The number of hydrogen-bond acceptors (Lipinski definition) is 4. The van der Waals surface area contributed by atoms with Gasteiger partial charge in [-0.05, 0) is 61.6 Å². The van der Waals surface area contributed by atoms with Gasteiger partial charge in [0.15, 0.2) is 5.11 Å². The van der Waals surface area contributed by atoms with E-state index in [1.807, 2.05) is 17.8 Å². The molecule has 2 aromatic rings. The van der Waals surface area contributed by atoms with E-state index >= 15 is 0 Å². The molecule has 4 nitrogen and oxygen atoms in total. The summed E-state index contributed by atoms with van der Waals surface area (Å²) in [4.78, 5) is 12.8. The lowest BCUT2D eigenvalue weighted by Gasteiger charge is -2.11. The molecule has 0 saturated heterocycles. The molecule has 6 heteroatoms. The maximum Gasteiger partial charge on any atom is 0.337 e. The number of carbonyl (C=O) groups excluding carboxylic acids is 1. The quantitative estimate of drug-likeness (QED) is 0.327. The fourth-order valence-corrected chi connectivity index (χ4v) is 3.19. The molecule has 0 bridgehead atoms. The van der Waals surface area contributed by atoms with Gasteiger partial charge in [0, 0.05) is 17.1 Å². The van der Waals surface area contributed by atoms with E-state index in [0.29, 0.717) is 10.7 Å². The molecule has 0 aliphatic heterocycles. The molecule has 25 heavy (non-hydrogen) atoms. The number of esters is 1. The van der Waals surface area contributed by atoms with Crippen LogP contribution in [0, 0.1) is 6.92 Å². The van der Waals surface area contributed by atoms with Gasteiger partial charge in [0.1, 0.15) is 0 Å². The highest BCUT2D eigenvalue weighted by Crippen LogP contribution is 2.18. The fourth-order valence-electron chi connectivity index (χ4n) is 2.12. The number of aryl methyl sites for hydroxylation is 1. The normalized spacial score (nSPS) is 10.2. The van der Waals surface area contributed by atoms with Crippen LogP contribution >= 0.6 is 24.0 Å². The van der Waals surface area contributed by atoms with Gasteiger partial charge < -0.3 is 15.4 Å². The first-order chi connectivity index (χ1) is 12.1. The van der Waals surface area contributed by atoms with Crippen LogP contribution in [-0.2, 0) is 4.74 Å². The third-order valence-electron chi connectivity index (χ3n) is 3.44. The number of nitrogens with one attached hydrogen (secondary N) is 2. The standard InChI is InChI=1S/C19H22N2O2S2/c1-14-7-9-17(10-8-14)25-12-4-11-20-19(24)21-16-6-3-5-15(13-16)18(22)23-2/h3,5-10,13H,4,11-12H2,1-2H3,(H2,20,21,24). The molecule has 0 atom stereocenters. The highest BCUT2D eigenvalue weighted by molar-refractivity contribution is 7.99. The van der Waals surface area contributed by atoms with E-state index in [0.717, 1.165) is 24.4 Å². The van der Waals surface area contributed by atoms with E-state index in [1.165, 1.54) is 17.6 Å². The van der Waals surface area contributed by atoms with Crippen LogP contribution < -0.4 is 10.6 Å². The van der Waals surface area contributed by atoms with Crippen molar-refractivity contribution in [2.75, 3.05) is 24.7 Å². The molecule has 2 N–H and O–H groups in total. The average molecular weight is 375 g/mol. The van der Waals surface area contributed by atoms with Gasteiger partial charge >= 0.3 is 5.97 Å². The summed E-state index contributed by atoms with van der Waals surface area (Å²) < 4.78 is 4.71. The molecule has 0 saturated carbocycles. The molecular formula is C19H22N2O2S2. The number of thiocarbonyl (C=S) groups is 1. The Kier molecular flexibility index (Phi) is 7.76. The number of methoxy groups -OCH3 is 1. The van der Waals surface area contributed by atoms with Gasteiger partial charge in [0.25, 0.3) is 0 Å². The number of carbonyl (C=O) groups is 1. The number of hydrogen-bond donors (Lipinski definition) is 2. The summed E-state index contributed by atoms with van der Waals surface area (Å²) >= 11 is 7.12. The van der Waals surface area contributed by atoms with E-state index in [-0.39, 0.29) is 5.97 Å². The van der Waals surface area contributed by atoms with Crippen LogP contribution in [0.25, 0.3) is 0 Å². The first-order valence-electron chi connectivity index (χ1n) is 8.01. The molecule has 0 aliphatic rings. The maximum atomic E-state index is 11.5. The highest BCUT2D eigenvalue weighted by Gasteiger charge is 2.06. The van der Waals surface area contributed by atoms with E-state index < -0.39 is 0 Å². The summed E-state index contributed by atoms with van der Waals surface area (Å²) in [5.74, 6) is 0.659. The molecule has 0 aromatic heterocycles. The van der Waals surface area contributed by atoms with Crippen LogP contribution in [0.1, 0.15) is 22.3 Å². The minimum atomic E-state index is -0.365. The SMILES string of the molecule is COC(=O)c1cccc(NC(=S)NCCCSc2ccc(C)cc2)c1. The van der Waals surface area contributed by atoms with Crippen LogP contribution in [-0.4, -0.2) is 30.5 Å². The Balaban J connectivity index is 1.68. The van der Waals surface area contributed by atoms with Crippen molar-refractivity contribution in [1.29, 1.82) is 0 Å². The lowest BCUT2D eigenvalue weighted by atomic mass is 10.2. The summed E-state index contributed by atoms with van der Waals surface area (Å²) in [5.41, 5.74) is 2.53. The van der Waals surface area contributed by atoms with E-state index in [9.17, 15) is 4.79 Å². The lowest BCUT2D eigenvalue weighted by Crippen LogP contribution is -2.29. The summed E-state index contributed by atoms with van der Waals surface area (Å²) in [6.45, 7) is 2.88. The van der Waals surface area contributed by atoms with Crippen molar-refractivity contribution in [3.05, 3.63) is 59.7 Å². The van der Waals surface area contributed by atoms with Gasteiger partial charge in [0.05, 0.1) is 12.7 Å². The summed E-state index contributed by atoms with van der Waals surface area (Å²) in [6.07, 6.45) is 1.00. The van der Waals surface area contributed by atoms with Crippen LogP contribution in [0.15, 0.2) is 53.4 Å². The third-order valence-corrected chi connectivity index (χ3v) is 4.78. The summed E-state index contributed by atoms with van der Waals surface area (Å²) in [6, 6.07) is 15.6. The predicted octanol–water partition coefficient (Wildman–Crippen LogP) is 4.25. The van der Waals surface area contributed by atoms with Gasteiger partial charge in [-0.15, -0.1) is 11.8 Å². The lowest BCUT2D eigenvalue weighted by molar-refractivity contribution is 0.0601. The molecular weight excluding hydrogens is 352 g/mol. The Bertz CT molecular complexity index is 718. The number of anilines is 1. The number of thioether (sulfide) groups is 1. The van der Waals surface area contributed by atoms with Gasteiger partial charge in [-0.2, -0.15) is 0 Å². The molecule has 2 aromatic carbocycles. The second kappa shape index (κ2) is 10.1. The minimum absolute atomic E-state index is 0.365. The molecule has 0 amide bonds. The zero-order valence-corrected chi connectivity index (χ0v) is 16.0. The van der Waals surface area contributed by atoms with Crippen molar-refractivity contribution in [3.63, 3.8) is 0 Å². The smallest absolute Gasteiger partial charge is 0.337 e. The zero-order chi connectivity index (χ0) is 18.1. The Morgan fingerprint density at radius 2 is 1.96 bits per heavy atom. The largest absolute Gasteiger partial charge is 0.465 e. The topological polar surface area (TPSA) is 50.4 Å². The van der Waals surface area contributed by atoms with Crippen molar-refractivity contribution in [2.24, 2.45) is 0 Å². The second-order valence-electron chi connectivity index (χ2n) is 5.47. The molecule has 0 aliphatic carbocycles. The van der Waals surface area contributed by atoms with Crippen LogP contribution in [0.4, 0.5) is 5.69 Å². The van der Waals surface area contributed by atoms with Crippen LogP contribution in [0.3, 0.4) is 0 Å². The molecule has 132 valence electrons. The first kappa shape index (κ1) is 19.3. The van der Waals surface area contributed by atoms with Crippen molar-refractivity contribution in [2.45, 2.75) is 18.2 Å².